The minimum atomic E-state index is -0.159. The molecular formula is C57H41N5O. The second kappa shape index (κ2) is 13.3. The summed E-state index contributed by atoms with van der Waals surface area (Å²) in [7, 11) is 0. The number of benzene rings is 7. The van der Waals surface area contributed by atoms with E-state index < -0.39 is 0 Å². The van der Waals surface area contributed by atoms with E-state index in [0.717, 1.165) is 84.4 Å². The molecule has 3 aliphatic heterocycles. The monoisotopic (exact) mass is 811 g/mol. The Balaban J connectivity index is 1.17. The summed E-state index contributed by atoms with van der Waals surface area (Å²) in [5.41, 5.74) is 17.8. The molecule has 0 radical (unpaired) electrons. The molecule has 0 N–H and O–H groups in total. The van der Waals surface area contributed by atoms with Gasteiger partial charge in [0.05, 0.1) is 33.8 Å². The minimum absolute atomic E-state index is 0.159. The number of para-hydroxylation sites is 2. The Morgan fingerprint density at radius 2 is 1.14 bits per heavy atom. The van der Waals surface area contributed by atoms with E-state index in [-0.39, 0.29) is 5.41 Å². The summed E-state index contributed by atoms with van der Waals surface area (Å²) in [5.74, 6) is 3.13. The number of pyridine rings is 2. The summed E-state index contributed by atoms with van der Waals surface area (Å²) in [6.07, 6.45) is 1.86. The summed E-state index contributed by atoms with van der Waals surface area (Å²) >= 11 is 0. The summed E-state index contributed by atoms with van der Waals surface area (Å²) in [5, 5.41) is 2.31. The van der Waals surface area contributed by atoms with Gasteiger partial charge in [0.25, 0.3) is 0 Å². The molecule has 6 heterocycles. The van der Waals surface area contributed by atoms with Crippen molar-refractivity contribution in [1.82, 2.24) is 14.5 Å². The fourth-order valence-corrected chi connectivity index (χ4v) is 10.2. The van der Waals surface area contributed by atoms with Crippen molar-refractivity contribution >= 4 is 44.7 Å². The number of rotatable bonds is 0. The van der Waals surface area contributed by atoms with Crippen molar-refractivity contribution in [2.75, 3.05) is 16.5 Å². The third kappa shape index (κ3) is 5.44. The van der Waals surface area contributed by atoms with Crippen LogP contribution in [0.2, 0.25) is 0 Å². The lowest BCUT2D eigenvalue weighted by Crippen LogP contribution is -2.25. The maximum absolute atomic E-state index is 6.81. The van der Waals surface area contributed by atoms with E-state index in [2.05, 4.69) is 205 Å². The van der Waals surface area contributed by atoms with Crippen molar-refractivity contribution in [3.63, 3.8) is 0 Å². The summed E-state index contributed by atoms with van der Waals surface area (Å²) < 4.78 is 9.12. The second-order valence-electron chi connectivity index (χ2n) is 17.9. The van der Waals surface area contributed by atoms with Gasteiger partial charge in [-0.25, -0.2) is 9.97 Å². The van der Waals surface area contributed by atoms with Crippen LogP contribution in [-0.2, 0) is 5.41 Å². The van der Waals surface area contributed by atoms with Crippen molar-refractivity contribution in [3.8, 4) is 73.1 Å². The molecule has 3 aromatic heterocycles. The molecule has 0 spiro atoms. The molecule has 0 atom stereocenters. The first-order chi connectivity index (χ1) is 30.9. The second-order valence-corrected chi connectivity index (χ2v) is 17.9. The van der Waals surface area contributed by atoms with Crippen LogP contribution in [0.5, 0.6) is 11.5 Å². The van der Waals surface area contributed by atoms with Gasteiger partial charge < -0.3 is 14.5 Å². The minimum Gasteiger partial charge on any atom is -0.457 e. The van der Waals surface area contributed by atoms with Crippen molar-refractivity contribution in [2.45, 2.75) is 26.2 Å². The van der Waals surface area contributed by atoms with Crippen LogP contribution < -0.4 is 14.5 Å². The highest BCUT2D eigenvalue weighted by atomic mass is 16.5. The lowest BCUT2D eigenvalue weighted by molar-refractivity contribution is 0.482. The Hall–Kier alpha value is -7.96. The third-order valence-corrected chi connectivity index (χ3v) is 13.2. The molecule has 6 heteroatoms. The number of nitrogens with zero attached hydrogens (tertiary/aromatic N) is 5. The van der Waals surface area contributed by atoms with E-state index in [9.17, 15) is 0 Å². The highest BCUT2D eigenvalue weighted by Gasteiger charge is 2.35. The topological polar surface area (TPSA) is 46.4 Å². The Kier molecular flexibility index (Phi) is 7.53. The zero-order valence-electron chi connectivity index (χ0n) is 35.2. The SMILES string of the molecule is CC(C)(C)c1cc2nc(c1)-n1c3ccccc3c3ccc(cc31)Oc1ccnc(c1)N1CN3c4cc(ccc4-c4ccccc4-2)-c2ccccc2-c2ccccc2-c2cccc1c23. The van der Waals surface area contributed by atoms with Crippen LogP contribution in [0.3, 0.4) is 0 Å². The predicted molar refractivity (Wildman–Crippen MR) is 258 cm³/mol. The van der Waals surface area contributed by atoms with Gasteiger partial charge in [-0.15, -0.1) is 0 Å². The van der Waals surface area contributed by atoms with Crippen LogP contribution >= 0.6 is 0 Å². The fraction of sp³-hybridized carbons (Fsp3) is 0.0877. The van der Waals surface area contributed by atoms with E-state index >= 15 is 0 Å². The van der Waals surface area contributed by atoms with Gasteiger partial charge >= 0.3 is 0 Å². The van der Waals surface area contributed by atoms with E-state index in [1.807, 2.05) is 12.3 Å². The lowest BCUT2D eigenvalue weighted by atomic mass is 9.85. The fourth-order valence-electron chi connectivity index (χ4n) is 10.2. The largest absolute Gasteiger partial charge is 0.457 e. The van der Waals surface area contributed by atoms with Crippen LogP contribution in [0.15, 0.2) is 182 Å². The molecule has 10 bridgehead atoms. The number of ether oxygens (including phenoxy) is 1. The zero-order chi connectivity index (χ0) is 42.0. The maximum atomic E-state index is 6.81. The highest BCUT2D eigenvalue weighted by Crippen LogP contribution is 2.55. The first kappa shape index (κ1) is 35.8. The van der Waals surface area contributed by atoms with Crippen molar-refractivity contribution in [3.05, 3.63) is 188 Å². The van der Waals surface area contributed by atoms with E-state index in [1.54, 1.807) is 0 Å². The van der Waals surface area contributed by atoms with Crippen molar-refractivity contribution in [1.29, 1.82) is 0 Å². The molecular weight excluding hydrogens is 771 g/mol. The standard InChI is InChI=1S/C57H41N5O/c1-57(2,3)36-30-49-44-18-9-8-17-43(44)46-25-23-35-29-52(46)61-34-60(51-22-12-20-48(56(51)61)42-16-7-6-15-41(42)40-14-5-4-13-39(35)40)54-33-38(27-28-58-54)63-37-24-26-47-45-19-10-11-21-50(45)62(53(47)32-37)55(31-36)59-49/h4-33H,34H2,1-3H3. The van der Waals surface area contributed by atoms with Gasteiger partial charge in [-0.3, -0.25) is 4.57 Å². The molecule has 6 nitrogen and oxygen atoms in total. The molecule has 0 aliphatic carbocycles. The van der Waals surface area contributed by atoms with Gasteiger partial charge in [-0.1, -0.05) is 136 Å². The number of hydrogen-bond acceptors (Lipinski definition) is 5. The Morgan fingerprint density at radius 3 is 1.95 bits per heavy atom. The summed E-state index contributed by atoms with van der Waals surface area (Å²) in [6, 6.07) is 63.8. The van der Waals surface area contributed by atoms with Gasteiger partial charge in [0.1, 0.15) is 29.8 Å². The van der Waals surface area contributed by atoms with Gasteiger partial charge in [0, 0.05) is 45.8 Å². The zero-order valence-corrected chi connectivity index (χ0v) is 35.2. The first-order valence-corrected chi connectivity index (χ1v) is 21.7. The normalized spacial score (nSPS) is 13.3. The van der Waals surface area contributed by atoms with Gasteiger partial charge in [-0.2, -0.15) is 0 Å². The molecule has 13 rings (SSSR count). The van der Waals surface area contributed by atoms with Gasteiger partial charge in [-0.05, 0) is 92.9 Å². The molecule has 10 aromatic rings. The van der Waals surface area contributed by atoms with Crippen LogP contribution in [0.25, 0.3) is 83.4 Å². The maximum Gasteiger partial charge on any atom is 0.138 e. The number of fused-ring (bicyclic) bond motifs is 21. The van der Waals surface area contributed by atoms with Crippen molar-refractivity contribution < 1.29 is 4.74 Å². The smallest absolute Gasteiger partial charge is 0.138 e. The number of anilines is 4. The Labute approximate surface area is 365 Å². The van der Waals surface area contributed by atoms with Crippen LogP contribution in [-0.4, -0.2) is 21.2 Å². The van der Waals surface area contributed by atoms with Crippen molar-refractivity contribution in [2.24, 2.45) is 0 Å². The number of hydrogen-bond donors (Lipinski definition) is 0. The molecule has 0 amide bonds. The number of aromatic nitrogens is 3. The summed E-state index contributed by atoms with van der Waals surface area (Å²) in [6.45, 7) is 7.39. The first-order valence-electron chi connectivity index (χ1n) is 21.7. The molecule has 0 unspecified atom stereocenters. The van der Waals surface area contributed by atoms with E-state index in [0.29, 0.717) is 12.4 Å². The Morgan fingerprint density at radius 1 is 0.476 bits per heavy atom. The Bertz CT molecular complexity index is 3540. The average Bonchev–Trinajstić information content (AvgIpc) is 3.87. The summed E-state index contributed by atoms with van der Waals surface area (Å²) in [4.78, 5) is 15.5. The van der Waals surface area contributed by atoms with Crippen LogP contribution in [0.4, 0.5) is 22.9 Å². The predicted octanol–water partition coefficient (Wildman–Crippen LogP) is 14.9. The molecule has 7 aromatic carbocycles. The van der Waals surface area contributed by atoms with Gasteiger partial charge in [0.15, 0.2) is 0 Å². The van der Waals surface area contributed by atoms with E-state index in [4.69, 9.17) is 14.7 Å². The molecule has 0 saturated heterocycles. The molecule has 300 valence electrons. The van der Waals surface area contributed by atoms with Crippen LogP contribution in [0.1, 0.15) is 26.3 Å². The molecule has 0 fully saturated rings. The van der Waals surface area contributed by atoms with Crippen LogP contribution in [0, 0.1) is 0 Å². The molecule has 0 saturated carbocycles. The quantitative estimate of drug-likeness (QED) is 0.153. The average molecular weight is 812 g/mol. The molecule has 63 heavy (non-hydrogen) atoms. The van der Waals surface area contributed by atoms with E-state index in [1.165, 1.54) is 33.2 Å². The molecule has 3 aliphatic rings. The highest BCUT2D eigenvalue weighted by molar-refractivity contribution is 6.10. The third-order valence-electron chi connectivity index (χ3n) is 13.2. The van der Waals surface area contributed by atoms with Gasteiger partial charge in [0.2, 0.25) is 0 Å². The lowest BCUT2D eigenvalue weighted by Gasteiger charge is -2.28.